The Kier molecular flexibility index (Phi) is 4.07. The molecule has 2 aromatic heterocycles. The molecule has 4 rings (SSSR count). The van der Waals surface area contributed by atoms with E-state index in [9.17, 15) is 4.79 Å². The van der Waals surface area contributed by atoms with E-state index >= 15 is 0 Å². The Hall–Kier alpha value is -2.21. The van der Waals surface area contributed by atoms with Crippen LogP contribution < -0.4 is 5.32 Å². The highest BCUT2D eigenvalue weighted by Gasteiger charge is 2.29. The van der Waals surface area contributed by atoms with Crippen LogP contribution in [0.2, 0.25) is 0 Å². The monoisotopic (exact) mass is 355 g/mol. The molecule has 1 fully saturated rings. The molecule has 0 radical (unpaired) electrons. The summed E-state index contributed by atoms with van der Waals surface area (Å²) < 4.78 is 5.76. The minimum atomic E-state index is -0.115. The zero-order valence-electron chi connectivity index (χ0n) is 14.6. The quantitative estimate of drug-likeness (QED) is 0.705. The van der Waals surface area contributed by atoms with Crippen LogP contribution in [0, 0.1) is 12.8 Å². The summed E-state index contributed by atoms with van der Waals surface area (Å²) >= 11 is 1.48. The van der Waals surface area contributed by atoms with Gasteiger partial charge in [0.25, 0.3) is 5.91 Å². The number of aryl methyl sites for hydroxylation is 1. The first kappa shape index (κ1) is 16.3. The number of oxazole rings is 1. The Balaban J connectivity index is 1.53. The lowest BCUT2D eigenvalue weighted by atomic mass is 10.1. The van der Waals surface area contributed by atoms with E-state index in [1.807, 2.05) is 25.1 Å². The van der Waals surface area contributed by atoms with Crippen LogP contribution in [0.3, 0.4) is 0 Å². The molecule has 2 heterocycles. The third-order valence-electron chi connectivity index (χ3n) is 4.22. The van der Waals surface area contributed by atoms with Crippen LogP contribution in [0.1, 0.15) is 58.9 Å². The number of anilines is 1. The second-order valence-corrected chi connectivity index (χ2v) is 8.17. The highest BCUT2D eigenvalue weighted by atomic mass is 32.1. The van der Waals surface area contributed by atoms with Gasteiger partial charge in [-0.15, -0.1) is 11.3 Å². The maximum absolute atomic E-state index is 12.6. The molecule has 1 aliphatic rings. The van der Waals surface area contributed by atoms with Crippen molar-refractivity contribution in [2.75, 3.05) is 5.32 Å². The summed E-state index contributed by atoms with van der Waals surface area (Å²) in [6, 6.07) is 5.59. The van der Waals surface area contributed by atoms with Crippen LogP contribution in [0.15, 0.2) is 22.6 Å². The van der Waals surface area contributed by atoms with Gasteiger partial charge in [0.15, 0.2) is 11.5 Å². The third kappa shape index (κ3) is 3.44. The normalized spacial score (nSPS) is 14.4. The minimum absolute atomic E-state index is 0.115. The molecular weight excluding hydrogens is 334 g/mol. The predicted octanol–water partition coefficient (Wildman–Crippen LogP) is 4.92. The van der Waals surface area contributed by atoms with Gasteiger partial charge in [-0.05, 0) is 43.9 Å². The Morgan fingerprint density at radius 3 is 2.88 bits per heavy atom. The molecule has 6 heteroatoms. The van der Waals surface area contributed by atoms with Crippen molar-refractivity contribution in [3.05, 3.63) is 39.7 Å². The standard InChI is InChI=1S/C19H21N3O2S/c1-10(2)8-16-20-11(3)17(25-16)18(23)21-13-6-7-15-14(9-13)22-19(24-15)12-4-5-12/h6-7,9-10,12H,4-5,8H2,1-3H3,(H,21,23). The van der Waals surface area contributed by atoms with Crippen molar-refractivity contribution in [2.45, 2.75) is 46.0 Å². The van der Waals surface area contributed by atoms with Crippen LogP contribution in [-0.4, -0.2) is 15.9 Å². The molecule has 0 atom stereocenters. The Morgan fingerprint density at radius 1 is 1.36 bits per heavy atom. The molecule has 1 aromatic carbocycles. The lowest BCUT2D eigenvalue weighted by Crippen LogP contribution is -2.11. The number of aromatic nitrogens is 2. The largest absolute Gasteiger partial charge is 0.440 e. The van der Waals surface area contributed by atoms with Crippen LogP contribution in [0.25, 0.3) is 11.1 Å². The molecule has 25 heavy (non-hydrogen) atoms. The molecule has 1 N–H and O–H groups in total. The van der Waals surface area contributed by atoms with Gasteiger partial charge in [0.2, 0.25) is 0 Å². The van der Waals surface area contributed by atoms with E-state index in [1.54, 1.807) is 0 Å². The number of thiazole rings is 1. The second-order valence-electron chi connectivity index (χ2n) is 7.08. The number of hydrogen-bond donors (Lipinski definition) is 1. The van der Waals surface area contributed by atoms with E-state index in [1.165, 1.54) is 11.3 Å². The molecule has 0 bridgehead atoms. The molecule has 130 valence electrons. The predicted molar refractivity (Wildman–Crippen MR) is 99.3 cm³/mol. The van der Waals surface area contributed by atoms with Gasteiger partial charge in [0.05, 0.1) is 10.7 Å². The van der Waals surface area contributed by atoms with Crippen molar-refractivity contribution in [2.24, 2.45) is 5.92 Å². The summed E-state index contributed by atoms with van der Waals surface area (Å²) in [5.41, 5.74) is 3.08. The van der Waals surface area contributed by atoms with E-state index in [0.717, 1.165) is 52.6 Å². The Bertz CT molecular complexity index is 937. The van der Waals surface area contributed by atoms with Crippen molar-refractivity contribution in [1.29, 1.82) is 0 Å². The van der Waals surface area contributed by atoms with Crippen LogP contribution in [0.5, 0.6) is 0 Å². The molecule has 5 nitrogen and oxygen atoms in total. The fourth-order valence-electron chi connectivity index (χ4n) is 2.82. The number of rotatable bonds is 5. The van der Waals surface area contributed by atoms with Crippen LogP contribution >= 0.6 is 11.3 Å². The average molecular weight is 355 g/mol. The summed E-state index contributed by atoms with van der Waals surface area (Å²) in [7, 11) is 0. The van der Waals surface area contributed by atoms with Gasteiger partial charge < -0.3 is 9.73 Å². The smallest absolute Gasteiger partial charge is 0.267 e. The first-order valence-electron chi connectivity index (χ1n) is 8.67. The van der Waals surface area contributed by atoms with E-state index in [0.29, 0.717) is 16.7 Å². The van der Waals surface area contributed by atoms with Crippen molar-refractivity contribution in [1.82, 2.24) is 9.97 Å². The summed E-state index contributed by atoms with van der Waals surface area (Å²) in [6.45, 7) is 6.19. The second kappa shape index (κ2) is 6.26. The number of fused-ring (bicyclic) bond motifs is 1. The fraction of sp³-hybridized carbons (Fsp3) is 0.421. The molecule has 0 spiro atoms. The highest BCUT2D eigenvalue weighted by molar-refractivity contribution is 7.13. The molecule has 1 saturated carbocycles. The minimum Gasteiger partial charge on any atom is -0.440 e. The SMILES string of the molecule is Cc1nc(CC(C)C)sc1C(=O)Nc1ccc2oc(C3CC3)nc2c1. The lowest BCUT2D eigenvalue weighted by Gasteiger charge is -2.03. The first-order chi connectivity index (χ1) is 12.0. The number of nitrogens with one attached hydrogen (secondary N) is 1. The van der Waals surface area contributed by atoms with Crippen LogP contribution in [-0.2, 0) is 6.42 Å². The molecule has 1 amide bonds. The highest BCUT2D eigenvalue weighted by Crippen LogP contribution is 2.40. The molecule has 0 aliphatic heterocycles. The summed E-state index contributed by atoms with van der Waals surface area (Å²) in [6.07, 6.45) is 3.20. The number of nitrogens with zero attached hydrogens (tertiary/aromatic N) is 2. The van der Waals surface area contributed by atoms with Gasteiger partial charge in [-0.1, -0.05) is 13.8 Å². The topological polar surface area (TPSA) is 68.0 Å². The number of benzene rings is 1. The van der Waals surface area contributed by atoms with E-state index < -0.39 is 0 Å². The zero-order valence-corrected chi connectivity index (χ0v) is 15.4. The van der Waals surface area contributed by atoms with Gasteiger partial charge in [0.1, 0.15) is 10.4 Å². The van der Waals surface area contributed by atoms with E-state index in [4.69, 9.17) is 4.42 Å². The van der Waals surface area contributed by atoms with Crippen molar-refractivity contribution < 1.29 is 9.21 Å². The van der Waals surface area contributed by atoms with Gasteiger partial charge in [-0.2, -0.15) is 0 Å². The van der Waals surface area contributed by atoms with Gasteiger partial charge in [-0.25, -0.2) is 9.97 Å². The first-order valence-corrected chi connectivity index (χ1v) is 9.49. The van der Waals surface area contributed by atoms with Gasteiger partial charge in [0, 0.05) is 18.0 Å². The van der Waals surface area contributed by atoms with Gasteiger partial charge in [-0.3, -0.25) is 4.79 Å². The van der Waals surface area contributed by atoms with E-state index in [2.05, 4.69) is 29.1 Å². The average Bonchev–Trinajstić information content (AvgIpc) is 3.21. The van der Waals surface area contributed by atoms with Gasteiger partial charge >= 0.3 is 0 Å². The maximum atomic E-state index is 12.6. The van der Waals surface area contributed by atoms with E-state index in [-0.39, 0.29) is 5.91 Å². The number of carbonyl (C=O) groups excluding carboxylic acids is 1. The molecule has 0 saturated heterocycles. The fourth-order valence-corrected chi connectivity index (χ4v) is 3.99. The van der Waals surface area contributed by atoms with Crippen molar-refractivity contribution >= 4 is 34.0 Å². The molecular formula is C19H21N3O2S. The van der Waals surface area contributed by atoms with Crippen molar-refractivity contribution in [3.63, 3.8) is 0 Å². The lowest BCUT2D eigenvalue weighted by molar-refractivity contribution is 0.103. The number of hydrogen-bond acceptors (Lipinski definition) is 5. The van der Waals surface area contributed by atoms with Crippen molar-refractivity contribution in [3.8, 4) is 0 Å². The van der Waals surface area contributed by atoms with Crippen LogP contribution in [0.4, 0.5) is 5.69 Å². The molecule has 3 aromatic rings. The summed E-state index contributed by atoms with van der Waals surface area (Å²) in [5.74, 6) is 1.70. The number of carbonyl (C=O) groups is 1. The third-order valence-corrected chi connectivity index (χ3v) is 5.40. The Labute approximate surface area is 150 Å². The molecule has 1 aliphatic carbocycles. The summed E-state index contributed by atoms with van der Waals surface area (Å²) in [4.78, 5) is 22.4. The zero-order chi connectivity index (χ0) is 17.6. The Morgan fingerprint density at radius 2 is 2.16 bits per heavy atom. The summed E-state index contributed by atoms with van der Waals surface area (Å²) in [5, 5.41) is 3.97. The maximum Gasteiger partial charge on any atom is 0.267 e. The number of amides is 1. The molecule has 0 unspecified atom stereocenters.